The third-order valence-electron chi connectivity index (χ3n) is 3.88. The van der Waals surface area contributed by atoms with Gasteiger partial charge in [0.05, 0.1) is 6.20 Å². The summed E-state index contributed by atoms with van der Waals surface area (Å²) in [6.07, 6.45) is 2.58. The normalized spacial score (nSPS) is 10.5. The van der Waals surface area contributed by atoms with Gasteiger partial charge in [0, 0.05) is 32.5 Å². The first-order chi connectivity index (χ1) is 12.9. The predicted octanol–water partition coefficient (Wildman–Crippen LogP) is 3.66. The number of nitrogens with zero attached hydrogens (tertiary/aromatic N) is 4. The van der Waals surface area contributed by atoms with Crippen LogP contribution in [0.1, 0.15) is 12.0 Å². The van der Waals surface area contributed by atoms with E-state index in [1.165, 1.54) is 5.56 Å². The smallest absolute Gasteiger partial charge is 0.244 e. The monoisotopic (exact) mass is 349 g/mol. The maximum absolute atomic E-state index is 5.06. The van der Waals surface area contributed by atoms with Gasteiger partial charge in [-0.15, -0.1) is 5.10 Å². The first-order valence-corrected chi connectivity index (χ1v) is 8.66. The van der Waals surface area contributed by atoms with Gasteiger partial charge in [0.1, 0.15) is 0 Å². The minimum absolute atomic E-state index is 0.521. The van der Waals surface area contributed by atoms with Gasteiger partial charge in [0.25, 0.3) is 0 Å². The molecule has 0 amide bonds. The zero-order chi connectivity index (χ0) is 18.0. The van der Waals surface area contributed by atoms with E-state index in [9.17, 15) is 0 Å². The van der Waals surface area contributed by atoms with E-state index in [0.29, 0.717) is 19.1 Å². The Labute approximate surface area is 153 Å². The molecule has 0 aliphatic rings. The molecule has 2 aromatic carbocycles. The van der Waals surface area contributed by atoms with Crippen molar-refractivity contribution in [3.63, 3.8) is 0 Å². The van der Waals surface area contributed by atoms with E-state index in [1.807, 2.05) is 36.4 Å². The van der Waals surface area contributed by atoms with Gasteiger partial charge in [0.15, 0.2) is 5.82 Å². The summed E-state index contributed by atoms with van der Waals surface area (Å²) in [4.78, 5) is 6.77. The molecule has 26 heavy (non-hydrogen) atoms. The van der Waals surface area contributed by atoms with Gasteiger partial charge in [-0.05, 0) is 24.1 Å². The van der Waals surface area contributed by atoms with Gasteiger partial charge in [-0.25, -0.2) is 0 Å². The van der Waals surface area contributed by atoms with E-state index < -0.39 is 0 Å². The van der Waals surface area contributed by atoms with Crippen LogP contribution in [0.5, 0.6) is 0 Å². The summed E-state index contributed by atoms with van der Waals surface area (Å²) in [6, 6.07) is 20.5. The van der Waals surface area contributed by atoms with Crippen LogP contribution in [0.3, 0.4) is 0 Å². The number of hydrogen-bond acceptors (Lipinski definition) is 6. The average Bonchev–Trinajstić information content (AvgIpc) is 2.71. The molecule has 134 valence electrons. The van der Waals surface area contributed by atoms with E-state index in [2.05, 4.69) is 49.7 Å². The molecule has 0 atom stereocenters. The molecule has 6 nitrogen and oxygen atoms in total. The Morgan fingerprint density at radius 1 is 1.00 bits per heavy atom. The lowest BCUT2D eigenvalue weighted by molar-refractivity contribution is 0.197. The van der Waals surface area contributed by atoms with E-state index in [-0.39, 0.29) is 0 Å². The molecule has 1 N–H and O–H groups in total. The second-order valence-corrected chi connectivity index (χ2v) is 5.82. The second-order valence-electron chi connectivity index (χ2n) is 5.82. The average molecular weight is 349 g/mol. The summed E-state index contributed by atoms with van der Waals surface area (Å²) in [5.41, 5.74) is 2.26. The highest BCUT2D eigenvalue weighted by Crippen LogP contribution is 2.25. The highest BCUT2D eigenvalue weighted by molar-refractivity contribution is 5.60. The number of benzene rings is 2. The van der Waals surface area contributed by atoms with Crippen LogP contribution in [0.2, 0.25) is 0 Å². The Hall–Kier alpha value is -2.99. The third kappa shape index (κ3) is 5.00. The Balaban J connectivity index is 1.82. The summed E-state index contributed by atoms with van der Waals surface area (Å²) in [6.45, 7) is 2.14. The zero-order valence-corrected chi connectivity index (χ0v) is 14.9. The van der Waals surface area contributed by atoms with E-state index in [1.54, 1.807) is 13.3 Å². The van der Waals surface area contributed by atoms with Gasteiger partial charge in [-0.1, -0.05) is 48.5 Å². The molecule has 3 rings (SSSR count). The molecule has 0 unspecified atom stereocenters. The molecular weight excluding hydrogens is 326 g/mol. The minimum atomic E-state index is 0.521. The molecule has 6 heteroatoms. The number of methoxy groups -OCH3 is 1. The molecule has 1 aromatic heterocycles. The van der Waals surface area contributed by atoms with Crippen LogP contribution in [0.4, 0.5) is 17.5 Å². The Bertz CT molecular complexity index is 782. The van der Waals surface area contributed by atoms with Gasteiger partial charge < -0.3 is 15.0 Å². The van der Waals surface area contributed by atoms with Crippen molar-refractivity contribution in [3.8, 4) is 0 Å². The quantitative estimate of drug-likeness (QED) is 0.595. The number of nitrogens with one attached hydrogen (secondary N) is 1. The van der Waals surface area contributed by atoms with Crippen molar-refractivity contribution in [1.29, 1.82) is 0 Å². The van der Waals surface area contributed by atoms with Crippen molar-refractivity contribution in [1.82, 2.24) is 15.2 Å². The number of ether oxygens (including phenoxy) is 1. The fourth-order valence-corrected chi connectivity index (χ4v) is 2.60. The molecule has 0 saturated carbocycles. The van der Waals surface area contributed by atoms with Crippen molar-refractivity contribution in [2.75, 3.05) is 30.5 Å². The fourth-order valence-electron chi connectivity index (χ4n) is 2.60. The number of hydrogen-bond donors (Lipinski definition) is 1. The van der Waals surface area contributed by atoms with Crippen molar-refractivity contribution in [3.05, 3.63) is 72.4 Å². The van der Waals surface area contributed by atoms with Gasteiger partial charge in [-0.3, -0.25) is 0 Å². The van der Waals surface area contributed by atoms with E-state index in [0.717, 1.165) is 24.5 Å². The van der Waals surface area contributed by atoms with Crippen molar-refractivity contribution in [2.24, 2.45) is 0 Å². The fraction of sp³-hybridized carbons (Fsp3) is 0.250. The van der Waals surface area contributed by atoms with Crippen LogP contribution < -0.4 is 10.2 Å². The number of anilines is 3. The summed E-state index contributed by atoms with van der Waals surface area (Å²) in [5, 5.41) is 11.4. The predicted molar refractivity (Wildman–Crippen MR) is 104 cm³/mol. The van der Waals surface area contributed by atoms with Crippen molar-refractivity contribution >= 4 is 17.5 Å². The lowest BCUT2D eigenvalue weighted by Crippen LogP contribution is -2.19. The summed E-state index contributed by atoms with van der Waals surface area (Å²) >= 11 is 0. The molecule has 0 fully saturated rings. The summed E-state index contributed by atoms with van der Waals surface area (Å²) in [7, 11) is 1.69. The largest absolute Gasteiger partial charge is 0.385 e. The molecule has 0 spiro atoms. The van der Waals surface area contributed by atoms with Crippen LogP contribution in [-0.4, -0.2) is 35.4 Å². The second kappa shape index (κ2) is 9.48. The maximum Gasteiger partial charge on any atom is 0.244 e. The standard InChI is InChI=1S/C20H23N5O/c1-26-14-8-13-21-20-23-19(15-22-24-20)25(18-11-6-3-7-12-18)16-17-9-4-2-5-10-17/h2-7,9-12,15H,8,13-14,16H2,1H3,(H,21,23,24). The van der Waals surface area contributed by atoms with Gasteiger partial charge >= 0.3 is 0 Å². The van der Waals surface area contributed by atoms with Crippen LogP contribution in [0, 0.1) is 0 Å². The van der Waals surface area contributed by atoms with Crippen LogP contribution in [-0.2, 0) is 11.3 Å². The molecule has 1 heterocycles. The molecule has 0 aliphatic heterocycles. The number of aromatic nitrogens is 3. The van der Waals surface area contributed by atoms with Crippen molar-refractivity contribution < 1.29 is 4.74 Å². The Kier molecular flexibility index (Phi) is 6.50. The first-order valence-electron chi connectivity index (χ1n) is 8.66. The van der Waals surface area contributed by atoms with Crippen molar-refractivity contribution in [2.45, 2.75) is 13.0 Å². The summed E-state index contributed by atoms with van der Waals surface area (Å²) in [5.74, 6) is 1.27. The zero-order valence-electron chi connectivity index (χ0n) is 14.9. The first kappa shape index (κ1) is 17.8. The molecule has 0 saturated heterocycles. The van der Waals surface area contributed by atoms with Crippen LogP contribution in [0.15, 0.2) is 66.9 Å². The topological polar surface area (TPSA) is 63.2 Å². The number of para-hydroxylation sites is 1. The number of rotatable bonds is 9. The molecular formula is C20H23N5O. The summed E-state index contributed by atoms with van der Waals surface area (Å²) < 4.78 is 5.06. The maximum atomic E-state index is 5.06. The van der Waals surface area contributed by atoms with E-state index in [4.69, 9.17) is 4.74 Å². The Morgan fingerprint density at radius 3 is 2.46 bits per heavy atom. The van der Waals surface area contributed by atoms with Crippen LogP contribution >= 0.6 is 0 Å². The Morgan fingerprint density at radius 2 is 1.73 bits per heavy atom. The molecule has 3 aromatic rings. The highest BCUT2D eigenvalue weighted by atomic mass is 16.5. The van der Waals surface area contributed by atoms with E-state index >= 15 is 0 Å². The molecule has 0 aliphatic carbocycles. The van der Waals surface area contributed by atoms with Gasteiger partial charge in [-0.2, -0.15) is 10.1 Å². The SMILES string of the molecule is COCCCNc1nncc(N(Cc2ccccc2)c2ccccc2)n1. The minimum Gasteiger partial charge on any atom is -0.385 e. The lowest BCUT2D eigenvalue weighted by atomic mass is 10.2. The lowest BCUT2D eigenvalue weighted by Gasteiger charge is -2.24. The highest BCUT2D eigenvalue weighted by Gasteiger charge is 2.13. The molecule has 0 bridgehead atoms. The van der Waals surface area contributed by atoms with Crippen LogP contribution in [0.25, 0.3) is 0 Å². The van der Waals surface area contributed by atoms with Gasteiger partial charge in [0.2, 0.25) is 5.95 Å². The molecule has 0 radical (unpaired) electrons. The third-order valence-corrected chi connectivity index (χ3v) is 3.88.